The van der Waals surface area contributed by atoms with Crippen LogP contribution < -0.4 is 5.73 Å². The van der Waals surface area contributed by atoms with E-state index in [1.807, 2.05) is 7.05 Å². The van der Waals surface area contributed by atoms with Crippen LogP contribution in [0.5, 0.6) is 0 Å². The number of nitrogen functional groups attached to an aromatic ring is 1. The summed E-state index contributed by atoms with van der Waals surface area (Å²) in [4.78, 5) is 2.48. The summed E-state index contributed by atoms with van der Waals surface area (Å²) in [5.41, 5.74) is 9.86. The molecule has 1 atom stereocenters. The fraction of sp³-hybridized carbons (Fsp3) is 0.438. The second-order valence-corrected chi connectivity index (χ2v) is 5.95. The van der Waals surface area contributed by atoms with E-state index in [0.717, 1.165) is 24.6 Å². The molecule has 1 aromatic carbocycles. The fourth-order valence-electron chi connectivity index (χ4n) is 3.19. The van der Waals surface area contributed by atoms with Gasteiger partial charge in [0.1, 0.15) is 5.82 Å². The first kappa shape index (κ1) is 13.2. The molecule has 1 aliphatic heterocycles. The van der Waals surface area contributed by atoms with Crippen molar-refractivity contribution in [3.05, 3.63) is 47.2 Å². The molecule has 3 rings (SSSR count). The lowest BCUT2D eigenvalue weighted by Gasteiger charge is -2.27. The molecule has 0 amide bonds. The second kappa shape index (κ2) is 4.94. The predicted molar refractivity (Wildman–Crippen MR) is 80.9 cm³/mol. The zero-order chi connectivity index (χ0) is 14.3. The molecule has 2 N–H and O–H groups in total. The first-order valence-corrected chi connectivity index (χ1v) is 7.17. The monoisotopic (exact) mass is 270 g/mol. The summed E-state index contributed by atoms with van der Waals surface area (Å²) >= 11 is 0. The van der Waals surface area contributed by atoms with Gasteiger partial charge >= 0.3 is 0 Å². The van der Waals surface area contributed by atoms with E-state index in [1.54, 1.807) is 4.68 Å². The van der Waals surface area contributed by atoms with Gasteiger partial charge in [0.2, 0.25) is 0 Å². The van der Waals surface area contributed by atoms with E-state index in [4.69, 9.17) is 5.73 Å². The minimum absolute atomic E-state index is 0.355. The fourth-order valence-corrected chi connectivity index (χ4v) is 3.19. The Kier molecular flexibility index (Phi) is 3.26. The van der Waals surface area contributed by atoms with Crippen molar-refractivity contribution in [1.29, 1.82) is 0 Å². The van der Waals surface area contributed by atoms with E-state index in [9.17, 15) is 0 Å². The highest BCUT2D eigenvalue weighted by Crippen LogP contribution is 2.40. The number of aromatic nitrogens is 2. The average Bonchev–Trinajstić information content (AvgIpc) is 2.89. The van der Waals surface area contributed by atoms with E-state index >= 15 is 0 Å². The molecule has 0 saturated heterocycles. The molecule has 20 heavy (non-hydrogen) atoms. The number of hydrogen-bond acceptors (Lipinski definition) is 3. The zero-order valence-corrected chi connectivity index (χ0v) is 12.4. The van der Waals surface area contributed by atoms with Gasteiger partial charge in [0.15, 0.2) is 0 Å². The SMILES string of the molecule is CC(C)C1c2nn(C)c(N)c2CN1Cc1ccccc1. The number of hydrogen-bond donors (Lipinski definition) is 1. The Balaban J connectivity index is 1.90. The van der Waals surface area contributed by atoms with E-state index in [0.29, 0.717) is 12.0 Å². The highest BCUT2D eigenvalue weighted by molar-refractivity contribution is 5.47. The first-order chi connectivity index (χ1) is 9.58. The van der Waals surface area contributed by atoms with Crippen molar-refractivity contribution >= 4 is 5.82 Å². The smallest absolute Gasteiger partial charge is 0.126 e. The van der Waals surface area contributed by atoms with Crippen LogP contribution in [0.3, 0.4) is 0 Å². The molecule has 1 aromatic heterocycles. The van der Waals surface area contributed by atoms with Crippen molar-refractivity contribution in [2.75, 3.05) is 5.73 Å². The van der Waals surface area contributed by atoms with E-state index in [2.05, 4.69) is 54.2 Å². The molecular formula is C16H22N4. The van der Waals surface area contributed by atoms with Crippen molar-refractivity contribution in [3.63, 3.8) is 0 Å². The number of nitrogens with zero attached hydrogens (tertiary/aromatic N) is 3. The van der Waals surface area contributed by atoms with Gasteiger partial charge in [0.05, 0.1) is 11.7 Å². The average molecular weight is 270 g/mol. The van der Waals surface area contributed by atoms with Crippen molar-refractivity contribution < 1.29 is 0 Å². The maximum Gasteiger partial charge on any atom is 0.126 e. The summed E-state index contributed by atoms with van der Waals surface area (Å²) < 4.78 is 1.81. The molecule has 1 aliphatic rings. The van der Waals surface area contributed by atoms with Crippen molar-refractivity contribution in [1.82, 2.24) is 14.7 Å². The van der Waals surface area contributed by atoms with Crippen LogP contribution in [0.15, 0.2) is 30.3 Å². The van der Waals surface area contributed by atoms with Crippen LogP contribution in [0.1, 0.15) is 36.7 Å². The minimum atomic E-state index is 0.355. The lowest BCUT2D eigenvalue weighted by Crippen LogP contribution is -2.26. The summed E-state index contributed by atoms with van der Waals surface area (Å²) in [5, 5.41) is 4.64. The van der Waals surface area contributed by atoms with Crippen LogP contribution in [0.2, 0.25) is 0 Å². The van der Waals surface area contributed by atoms with Crippen LogP contribution in [0, 0.1) is 5.92 Å². The molecule has 0 radical (unpaired) electrons. The molecule has 4 heteroatoms. The third-order valence-electron chi connectivity index (χ3n) is 4.12. The maximum absolute atomic E-state index is 6.15. The quantitative estimate of drug-likeness (QED) is 0.933. The van der Waals surface area contributed by atoms with E-state index in [1.165, 1.54) is 11.1 Å². The van der Waals surface area contributed by atoms with Gasteiger partial charge < -0.3 is 5.73 Å². The van der Waals surface area contributed by atoms with Gasteiger partial charge in [-0.2, -0.15) is 5.10 Å². The Morgan fingerprint density at radius 1 is 1.30 bits per heavy atom. The highest BCUT2D eigenvalue weighted by Gasteiger charge is 2.36. The molecule has 0 bridgehead atoms. The Bertz CT molecular complexity index is 600. The second-order valence-electron chi connectivity index (χ2n) is 5.95. The number of rotatable bonds is 3. The molecular weight excluding hydrogens is 248 g/mol. The predicted octanol–water partition coefficient (Wildman–Crippen LogP) is 2.72. The van der Waals surface area contributed by atoms with Crippen LogP contribution >= 0.6 is 0 Å². The summed E-state index contributed by atoms with van der Waals surface area (Å²) in [6, 6.07) is 11.0. The largest absolute Gasteiger partial charge is 0.384 e. The number of anilines is 1. The Hall–Kier alpha value is -1.81. The molecule has 0 saturated carbocycles. The topological polar surface area (TPSA) is 47.1 Å². The third-order valence-corrected chi connectivity index (χ3v) is 4.12. The number of nitrogens with two attached hydrogens (primary N) is 1. The van der Waals surface area contributed by atoms with Crippen LogP contribution in [0.4, 0.5) is 5.82 Å². The normalized spacial score (nSPS) is 18.7. The van der Waals surface area contributed by atoms with Gasteiger partial charge in [-0.05, 0) is 11.5 Å². The van der Waals surface area contributed by atoms with Crippen LogP contribution in [-0.2, 0) is 20.1 Å². The Labute approximate surface area is 120 Å². The molecule has 0 spiro atoms. The van der Waals surface area contributed by atoms with Crippen molar-refractivity contribution in [2.45, 2.75) is 33.0 Å². The summed E-state index contributed by atoms with van der Waals surface area (Å²) in [5.74, 6) is 1.33. The zero-order valence-electron chi connectivity index (χ0n) is 12.4. The van der Waals surface area contributed by atoms with E-state index in [-0.39, 0.29) is 0 Å². The molecule has 2 heterocycles. The summed E-state index contributed by atoms with van der Waals surface area (Å²) in [6.45, 7) is 6.35. The van der Waals surface area contributed by atoms with Gasteiger partial charge in [-0.1, -0.05) is 44.2 Å². The van der Waals surface area contributed by atoms with Crippen molar-refractivity contribution in [3.8, 4) is 0 Å². The molecule has 0 fully saturated rings. The van der Waals surface area contributed by atoms with Gasteiger partial charge in [-0.3, -0.25) is 9.58 Å². The van der Waals surface area contributed by atoms with Crippen LogP contribution in [0.25, 0.3) is 0 Å². The van der Waals surface area contributed by atoms with Crippen LogP contribution in [-0.4, -0.2) is 14.7 Å². The summed E-state index contributed by atoms with van der Waals surface area (Å²) in [6.07, 6.45) is 0. The van der Waals surface area contributed by atoms with Gasteiger partial charge in [0.25, 0.3) is 0 Å². The standard InChI is InChI=1S/C16H22N4/c1-11(2)15-14-13(16(17)19(3)18-14)10-20(15)9-12-7-5-4-6-8-12/h4-8,11,15H,9-10,17H2,1-3H3. The highest BCUT2D eigenvalue weighted by atomic mass is 15.3. The first-order valence-electron chi connectivity index (χ1n) is 7.17. The molecule has 106 valence electrons. The van der Waals surface area contributed by atoms with Gasteiger partial charge in [-0.25, -0.2) is 0 Å². The minimum Gasteiger partial charge on any atom is -0.384 e. The number of aryl methyl sites for hydroxylation is 1. The maximum atomic E-state index is 6.15. The number of benzene rings is 1. The molecule has 2 aromatic rings. The Morgan fingerprint density at radius 2 is 2.00 bits per heavy atom. The van der Waals surface area contributed by atoms with E-state index < -0.39 is 0 Å². The number of fused-ring (bicyclic) bond motifs is 1. The van der Waals surface area contributed by atoms with Gasteiger partial charge in [-0.15, -0.1) is 0 Å². The molecule has 1 unspecified atom stereocenters. The lowest BCUT2D eigenvalue weighted by molar-refractivity contribution is 0.159. The third kappa shape index (κ3) is 2.10. The lowest BCUT2D eigenvalue weighted by atomic mass is 10.0. The summed E-state index contributed by atoms with van der Waals surface area (Å²) in [7, 11) is 1.92. The van der Waals surface area contributed by atoms with Gasteiger partial charge in [0, 0.05) is 25.7 Å². The van der Waals surface area contributed by atoms with Crippen molar-refractivity contribution in [2.24, 2.45) is 13.0 Å². The molecule has 0 aliphatic carbocycles. The molecule has 4 nitrogen and oxygen atoms in total. The Morgan fingerprint density at radius 3 is 2.65 bits per heavy atom.